The second-order valence-electron chi connectivity index (χ2n) is 6.70. The van der Waals surface area contributed by atoms with Gasteiger partial charge in [0.05, 0.1) is 0 Å². The molecule has 1 aromatic rings. The van der Waals surface area contributed by atoms with Crippen LogP contribution >= 0.6 is 0 Å². The second kappa shape index (κ2) is 7.23. The van der Waals surface area contributed by atoms with Gasteiger partial charge >= 0.3 is 0 Å². The Labute approximate surface area is 133 Å². The number of benzene rings is 1. The molecule has 1 aliphatic heterocycles. The van der Waals surface area contributed by atoms with Gasteiger partial charge in [-0.1, -0.05) is 13.8 Å². The summed E-state index contributed by atoms with van der Waals surface area (Å²) in [7, 11) is 1.86. The van der Waals surface area contributed by atoms with E-state index in [9.17, 15) is 9.18 Å². The van der Waals surface area contributed by atoms with Crippen molar-refractivity contribution in [2.45, 2.75) is 39.7 Å². The quantitative estimate of drug-likeness (QED) is 0.833. The van der Waals surface area contributed by atoms with Gasteiger partial charge in [0.2, 0.25) is 0 Å². The Morgan fingerprint density at radius 3 is 2.50 bits per heavy atom. The SMILES string of the molecule is Cc1cc(C(=O)N(C)[C@H](CN2CCCC2)C(C)C)ccc1F. The first-order valence-corrected chi connectivity index (χ1v) is 8.16. The average Bonchev–Trinajstić information content (AvgIpc) is 2.99. The molecule has 122 valence electrons. The predicted octanol–water partition coefficient (Wildman–Crippen LogP) is 3.33. The van der Waals surface area contributed by atoms with Crippen molar-refractivity contribution in [2.24, 2.45) is 5.92 Å². The molecule has 1 aliphatic rings. The maximum atomic E-state index is 13.4. The van der Waals surface area contributed by atoms with Gasteiger partial charge in [-0.05, 0) is 62.5 Å². The number of amides is 1. The molecule has 1 fully saturated rings. The van der Waals surface area contributed by atoms with Crippen LogP contribution in [0.3, 0.4) is 0 Å². The van der Waals surface area contributed by atoms with Crippen LogP contribution in [-0.4, -0.2) is 48.4 Å². The lowest BCUT2D eigenvalue weighted by atomic mass is 10.0. The molecule has 0 N–H and O–H groups in total. The van der Waals surface area contributed by atoms with Crippen LogP contribution in [0.15, 0.2) is 18.2 Å². The number of nitrogens with zero attached hydrogens (tertiary/aromatic N) is 2. The molecular weight excluding hydrogens is 279 g/mol. The van der Waals surface area contributed by atoms with Crippen LogP contribution in [0.1, 0.15) is 42.6 Å². The smallest absolute Gasteiger partial charge is 0.253 e. The minimum atomic E-state index is -0.267. The van der Waals surface area contributed by atoms with Gasteiger partial charge in [-0.3, -0.25) is 4.79 Å². The number of carbonyl (C=O) groups excluding carboxylic acids is 1. The molecule has 1 aromatic carbocycles. The average molecular weight is 306 g/mol. The molecule has 0 saturated carbocycles. The summed E-state index contributed by atoms with van der Waals surface area (Å²) in [4.78, 5) is 17.0. The van der Waals surface area contributed by atoms with Crippen molar-refractivity contribution in [2.75, 3.05) is 26.7 Å². The first kappa shape index (κ1) is 16.9. The molecule has 1 amide bonds. The lowest BCUT2D eigenvalue weighted by Gasteiger charge is -2.34. The third-order valence-electron chi connectivity index (χ3n) is 4.64. The Kier molecular flexibility index (Phi) is 5.57. The molecule has 0 aromatic heterocycles. The largest absolute Gasteiger partial charge is 0.337 e. The van der Waals surface area contributed by atoms with Crippen molar-refractivity contribution >= 4 is 5.91 Å². The van der Waals surface area contributed by atoms with Crippen LogP contribution < -0.4 is 0 Å². The monoisotopic (exact) mass is 306 g/mol. The summed E-state index contributed by atoms with van der Waals surface area (Å²) >= 11 is 0. The van der Waals surface area contributed by atoms with Gasteiger partial charge in [0.15, 0.2) is 0 Å². The zero-order valence-corrected chi connectivity index (χ0v) is 14.1. The number of carbonyl (C=O) groups is 1. The number of aryl methyl sites for hydroxylation is 1. The van der Waals surface area contributed by atoms with Crippen molar-refractivity contribution in [1.82, 2.24) is 9.80 Å². The summed E-state index contributed by atoms with van der Waals surface area (Å²) in [6.45, 7) is 9.17. The van der Waals surface area contributed by atoms with Gasteiger partial charge in [0.1, 0.15) is 5.82 Å². The highest BCUT2D eigenvalue weighted by Crippen LogP contribution is 2.18. The molecule has 0 aliphatic carbocycles. The molecule has 0 radical (unpaired) electrons. The maximum absolute atomic E-state index is 13.4. The Balaban J connectivity index is 2.12. The summed E-state index contributed by atoms with van der Waals surface area (Å²) < 4.78 is 13.4. The first-order valence-electron chi connectivity index (χ1n) is 8.16. The van der Waals surface area contributed by atoms with E-state index in [1.807, 2.05) is 11.9 Å². The maximum Gasteiger partial charge on any atom is 0.253 e. The van der Waals surface area contributed by atoms with Gasteiger partial charge < -0.3 is 9.80 Å². The molecule has 1 atom stereocenters. The highest BCUT2D eigenvalue weighted by Gasteiger charge is 2.27. The molecule has 3 nitrogen and oxygen atoms in total. The lowest BCUT2D eigenvalue weighted by molar-refractivity contribution is 0.0641. The molecular formula is C18H27FN2O. The minimum Gasteiger partial charge on any atom is -0.337 e. The third-order valence-corrected chi connectivity index (χ3v) is 4.64. The molecule has 22 heavy (non-hydrogen) atoms. The van der Waals surface area contributed by atoms with Crippen LogP contribution in [0.4, 0.5) is 4.39 Å². The Hall–Kier alpha value is -1.42. The van der Waals surface area contributed by atoms with Crippen LogP contribution in [0.25, 0.3) is 0 Å². The lowest BCUT2D eigenvalue weighted by Crippen LogP contribution is -2.47. The molecule has 2 rings (SSSR count). The Morgan fingerprint density at radius 1 is 1.32 bits per heavy atom. The molecule has 1 saturated heterocycles. The van der Waals surface area contributed by atoms with E-state index >= 15 is 0 Å². The summed E-state index contributed by atoms with van der Waals surface area (Å²) in [6.07, 6.45) is 2.50. The normalized spacial score (nSPS) is 17.0. The van der Waals surface area contributed by atoms with Crippen LogP contribution in [0.2, 0.25) is 0 Å². The fourth-order valence-corrected chi connectivity index (χ4v) is 3.14. The summed E-state index contributed by atoms with van der Waals surface area (Å²) in [5.74, 6) is 0.0915. The fraction of sp³-hybridized carbons (Fsp3) is 0.611. The summed E-state index contributed by atoms with van der Waals surface area (Å²) in [5.41, 5.74) is 1.08. The highest BCUT2D eigenvalue weighted by atomic mass is 19.1. The third kappa shape index (κ3) is 3.86. The molecule has 0 spiro atoms. The molecule has 4 heteroatoms. The van der Waals surface area contributed by atoms with Crippen molar-refractivity contribution in [1.29, 1.82) is 0 Å². The van der Waals surface area contributed by atoms with Gasteiger partial charge in [0, 0.05) is 25.2 Å². The molecule has 1 heterocycles. The van der Waals surface area contributed by atoms with Gasteiger partial charge in [-0.25, -0.2) is 4.39 Å². The predicted molar refractivity (Wildman–Crippen MR) is 87.5 cm³/mol. The Bertz CT molecular complexity index is 524. The van der Waals surface area contributed by atoms with Crippen molar-refractivity contribution in [3.05, 3.63) is 35.1 Å². The van der Waals surface area contributed by atoms with E-state index in [2.05, 4.69) is 18.7 Å². The number of likely N-dealkylation sites (N-methyl/N-ethyl adjacent to an activating group) is 1. The zero-order valence-electron chi connectivity index (χ0n) is 14.1. The number of hydrogen-bond acceptors (Lipinski definition) is 2. The number of likely N-dealkylation sites (tertiary alicyclic amines) is 1. The zero-order chi connectivity index (χ0) is 16.3. The van der Waals surface area contributed by atoms with Crippen molar-refractivity contribution in [3.8, 4) is 0 Å². The molecule has 0 bridgehead atoms. The first-order chi connectivity index (χ1) is 10.4. The van der Waals surface area contributed by atoms with E-state index in [1.54, 1.807) is 19.1 Å². The fourth-order valence-electron chi connectivity index (χ4n) is 3.14. The standard InChI is InChI=1S/C18H27FN2O/c1-13(2)17(12-21-9-5-6-10-21)20(4)18(22)15-7-8-16(19)14(3)11-15/h7-8,11,13,17H,5-6,9-10,12H2,1-4H3/t17-/m1/s1. The second-order valence-corrected chi connectivity index (χ2v) is 6.70. The Morgan fingerprint density at radius 2 is 1.95 bits per heavy atom. The highest BCUT2D eigenvalue weighted by molar-refractivity contribution is 5.94. The minimum absolute atomic E-state index is 0.0269. The van der Waals surface area contributed by atoms with Crippen molar-refractivity contribution < 1.29 is 9.18 Å². The van der Waals surface area contributed by atoms with Gasteiger partial charge in [-0.2, -0.15) is 0 Å². The van der Waals surface area contributed by atoms with E-state index in [1.165, 1.54) is 18.9 Å². The van der Waals surface area contributed by atoms with Crippen LogP contribution in [0.5, 0.6) is 0 Å². The number of hydrogen-bond donors (Lipinski definition) is 0. The summed E-state index contributed by atoms with van der Waals surface area (Å²) in [6, 6.07) is 4.77. The number of halogens is 1. The van der Waals surface area contributed by atoms with Crippen LogP contribution in [0, 0.1) is 18.7 Å². The van der Waals surface area contributed by atoms with E-state index in [0.717, 1.165) is 19.6 Å². The molecule has 0 unspecified atom stereocenters. The van der Waals surface area contributed by atoms with Crippen molar-refractivity contribution in [3.63, 3.8) is 0 Å². The van der Waals surface area contributed by atoms with E-state index in [0.29, 0.717) is 17.0 Å². The van der Waals surface area contributed by atoms with E-state index in [4.69, 9.17) is 0 Å². The topological polar surface area (TPSA) is 23.6 Å². The van der Waals surface area contributed by atoms with E-state index < -0.39 is 0 Å². The van der Waals surface area contributed by atoms with Crippen LogP contribution in [-0.2, 0) is 0 Å². The summed E-state index contributed by atoms with van der Waals surface area (Å²) in [5, 5.41) is 0. The number of rotatable bonds is 5. The van der Waals surface area contributed by atoms with Gasteiger partial charge in [-0.15, -0.1) is 0 Å². The van der Waals surface area contributed by atoms with E-state index in [-0.39, 0.29) is 17.8 Å². The van der Waals surface area contributed by atoms with Gasteiger partial charge in [0.25, 0.3) is 5.91 Å².